The van der Waals surface area contributed by atoms with E-state index < -0.39 is 0 Å². The van der Waals surface area contributed by atoms with Gasteiger partial charge in [0.05, 0.1) is 6.61 Å². The van der Waals surface area contributed by atoms with E-state index in [2.05, 4.69) is 12.2 Å². The monoisotopic (exact) mass is 343 g/mol. The van der Waals surface area contributed by atoms with Gasteiger partial charge in [-0.1, -0.05) is 24.9 Å². The molecule has 0 saturated heterocycles. The van der Waals surface area contributed by atoms with Gasteiger partial charge in [-0.3, -0.25) is 4.79 Å². The molecule has 2 aromatic rings. The summed E-state index contributed by atoms with van der Waals surface area (Å²) in [5.41, 5.74) is 2.57. The Morgan fingerprint density at radius 3 is 2.62 bits per heavy atom. The van der Waals surface area contributed by atoms with Gasteiger partial charge in [-0.05, 0) is 61.4 Å². The number of rotatable bonds is 8. The van der Waals surface area contributed by atoms with Gasteiger partial charge in [0.15, 0.2) is 5.78 Å². The predicted molar refractivity (Wildman–Crippen MR) is 100 cm³/mol. The molecular formula is C20H22ClNO2. The van der Waals surface area contributed by atoms with Gasteiger partial charge in [0.1, 0.15) is 5.75 Å². The Labute approximate surface area is 148 Å². The number of halogens is 1. The van der Waals surface area contributed by atoms with Crippen molar-refractivity contribution < 1.29 is 9.53 Å². The first-order chi connectivity index (χ1) is 11.6. The smallest absolute Gasteiger partial charge is 0.187 e. The van der Waals surface area contributed by atoms with E-state index in [1.54, 1.807) is 18.3 Å². The van der Waals surface area contributed by atoms with Crippen LogP contribution in [-0.4, -0.2) is 12.4 Å². The van der Waals surface area contributed by atoms with Crippen molar-refractivity contribution in [1.29, 1.82) is 0 Å². The van der Waals surface area contributed by atoms with Crippen LogP contribution in [0.25, 0.3) is 0 Å². The summed E-state index contributed by atoms with van der Waals surface area (Å²) >= 11 is 5.92. The van der Waals surface area contributed by atoms with Gasteiger partial charge in [-0.25, -0.2) is 0 Å². The molecule has 0 atom stereocenters. The first kappa shape index (κ1) is 18.1. The number of ether oxygens (including phenoxy) is 1. The summed E-state index contributed by atoms with van der Waals surface area (Å²) in [4.78, 5) is 12.2. The average Bonchev–Trinajstić information content (AvgIpc) is 2.57. The van der Waals surface area contributed by atoms with Crippen LogP contribution in [0, 0.1) is 6.92 Å². The maximum atomic E-state index is 12.2. The van der Waals surface area contributed by atoms with E-state index in [1.807, 2.05) is 37.3 Å². The lowest BCUT2D eigenvalue weighted by atomic mass is 10.1. The van der Waals surface area contributed by atoms with E-state index in [9.17, 15) is 4.79 Å². The number of carbonyl (C=O) groups excluding carboxylic acids is 1. The molecule has 0 aliphatic rings. The fraction of sp³-hybridized carbons (Fsp3) is 0.250. The molecule has 2 aromatic carbocycles. The Balaban J connectivity index is 1.91. The SMILES string of the molecule is CCCCOc1ccc(C(=O)C=CNc2ccc(Cl)cc2C)cc1. The topological polar surface area (TPSA) is 38.3 Å². The Hall–Kier alpha value is -2.26. The summed E-state index contributed by atoms with van der Waals surface area (Å²) < 4.78 is 5.59. The number of hydrogen-bond acceptors (Lipinski definition) is 3. The highest BCUT2D eigenvalue weighted by molar-refractivity contribution is 6.30. The van der Waals surface area contributed by atoms with Gasteiger partial charge in [-0.2, -0.15) is 0 Å². The second kappa shape index (κ2) is 9.14. The zero-order chi connectivity index (χ0) is 17.4. The maximum absolute atomic E-state index is 12.2. The van der Waals surface area contributed by atoms with E-state index in [4.69, 9.17) is 16.3 Å². The molecule has 0 unspecified atom stereocenters. The summed E-state index contributed by atoms with van der Waals surface area (Å²) in [5.74, 6) is 0.730. The Bertz CT molecular complexity index is 708. The molecule has 0 radical (unpaired) electrons. The van der Waals surface area contributed by atoms with Crippen LogP contribution in [-0.2, 0) is 0 Å². The highest BCUT2D eigenvalue weighted by Gasteiger charge is 2.02. The standard InChI is InChI=1S/C20H22ClNO2/c1-3-4-13-24-18-8-5-16(6-9-18)20(23)11-12-22-19-10-7-17(21)14-15(19)2/h5-12,14,22H,3-4,13H2,1-2H3. The molecule has 24 heavy (non-hydrogen) atoms. The third-order valence-electron chi connectivity index (χ3n) is 3.57. The number of allylic oxidation sites excluding steroid dienone is 1. The highest BCUT2D eigenvalue weighted by atomic mass is 35.5. The molecule has 0 amide bonds. The van der Waals surface area contributed by atoms with Crippen LogP contribution in [0.1, 0.15) is 35.7 Å². The zero-order valence-electron chi connectivity index (χ0n) is 14.0. The van der Waals surface area contributed by atoms with E-state index in [0.717, 1.165) is 29.8 Å². The summed E-state index contributed by atoms with van der Waals surface area (Å²) in [5, 5.41) is 3.80. The predicted octanol–water partition coefficient (Wildman–Crippen LogP) is 5.64. The second-order valence-electron chi connectivity index (χ2n) is 5.53. The largest absolute Gasteiger partial charge is 0.494 e. The lowest BCUT2D eigenvalue weighted by Crippen LogP contribution is -1.99. The number of nitrogens with one attached hydrogen (secondary N) is 1. The molecule has 0 saturated carbocycles. The van der Waals surface area contributed by atoms with Crippen LogP contribution in [0.15, 0.2) is 54.7 Å². The molecule has 0 aliphatic heterocycles. The summed E-state index contributed by atoms with van der Waals surface area (Å²) in [6.45, 7) is 4.78. The third kappa shape index (κ3) is 5.43. The molecule has 4 heteroatoms. The Morgan fingerprint density at radius 1 is 1.21 bits per heavy atom. The maximum Gasteiger partial charge on any atom is 0.187 e. The molecule has 2 rings (SSSR count). The van der Waals surface area contributed by atoms with Crippen LogP contribution < -0.4 is 10.1 Å². The third-order valence-corrected chi connectivity index (χ3v) is 3.80. The van der Waals surface area contributed by atoms with Gasteiger partial charge in [0.25, 0.3) is 0 Å². The van der Waals surface area contributed by atoms with E-state index in [0.29, 0.717) is 17.2 Å². The van der Waals surface area contributed by atoms with Crippen molar-refractivity contribution in [2.45, 2.75) is 26.7 Å². The summed E-state index contributed by atoms with van der Waals surface area (Å²) in [6.07, 6.45) is 5.28. The molecule has 1 N–H and O–H groups in total. The van der Waals surface area contributed by atoms with Crippen molar-refractivity contribution in [1.82, 2.24) is 0 Å². The second-order valence-corrected chi connectivity index (χ2v) is 5.96. The van der Waals surface area contributed by atoms with Gasteiger partial charge >= 0.3 is 0 Å². The molecule has 0 aliphatic carbocycles. The Kier molecular flexibility index (Phi) is 6.89. The summed E-state index contributed by atoms with van der Waals surface area (Å²) in [6, 6.07) is 12.8. The summed E-state index contributed by atoms with van der Waals surface area (Å²) in [7, 11) is 0. The van der Waals surface area contributed by atoms with Gasteiger partial charge in [0, 0.05) is 28.5 Å². The van der Waals surface area contributed by atoms with Crippen molar-refractivity contribution in [3.8, 4) is 5.75 Å². The van der Waals surface area contributed by atoms with Crippen molar-refractivity contribution in [3.05, 3.63) is 70.9 Å². The van der Waals surface area contributed by atoms with Crippen molar-refractivity contribution in [2.24, 2.45) is 0 Å². The van der Waals surface area contributed by atoms with E-state index in [-0.39, 0.29) is 5.78 Å². The molecule has 0 fully saturated rings. The first-order valence-electron chi connectivity index (χ1n) is 8.06. The Morgan fingerprint density at radius 2 is 1.96 bits per heavy atom. The van der Waals surface area contributed by atoms with Crippen LogP contribution in [0.3, 0.4) is 0 Å². The molecule has 0 bridgehead atoms. The van der Waals surface area contributed by atoms with Gasteiger partial charge in [0.2, 0.25) is 0 Å². The molecule has 0 heterocycles. The number of anilines is 1. The molecule has 126 valence electrons. The van der Waals surface area contributed by atoms with Crippen LogP contribution in [0.4, 0.5) is 5.69 Å². The molecule has 3 nitrogen and oxygen atoms in total. The normalized spacial score (nSPS) is 10.8. The number of carbonyl (C=O) groups is 1. The lowest BCUT2D eigenvalue weighted by molar-refractivity contribution is 0.104. The van der Waals surface area contributed by atoms with Crippen molar-refractivity contribution in [2.75, 3.05) is 11.9 Å². The molecule has 0 spiro atoms. The van der Waals surface area contributed by atoms with Gasteiger partial charge in [-0.15, -0.1) is 0 Å². The van der Waals surface area contributed by atoms with E-state index in [1.165, 1.54) is 6.08 Å². The fourth-order valence-electron chi connectivity index (χ4n) is 2.14. The highest BCUT2D eigenvalue weighted by Crippen LogP contribution is 2.19. The minimum absolute atomic E-state index is 0.0609. The minimum atomic E-state index is -0.0609. The first-order valence-corrected chi connectivity index (χ1v) is 8.44. The number of hydrogen-bond donors (Lipinski definition) is 1. The molecular weight excluding hydrogens is 322 g/mol. The minimum Gasteiger partial charge on any atom is -0.494 e. The van der Waals surface area contributed by atoms with Crippen molar-refractivity contribution in [3.63, 3.8) is 0 Å². The average molecular weight is 344 g/mol. The number of aryl methyl sites for hydroxylation is 1. The number of benzene rings is 2. The van der Waals surface area contributed by atoms with Crippen molar-refractivity contribution >= 4 is 23.1 Å². The fourth-order valence-corrected chi connectivity index (χ4v) is 2.37. The zero-order valence-corrected chi connectivity index (χ0v) is 14.8. The van der Waals surface area contributed by atoms with Crippen LogP contribution in [0.5, 0.6) is 5.75 Å². The number of unbranched alkanes of at least 4 members (excludes halogenated alkanes) is 1. The quantitative estimate of drug-likeness (QED) is 0.383. The van der Waals surface area contributed by atoms with Gasteiger partial charge < -0.3 is 10.1 Å². The lowest BCUT2D eigenvalue weighted by Gasteiger charge is -2.06. The van der Waals surface area contributed by atoms with Crippen LogP contribution >= 0.6 is 11.6 Å². The molecule has 0 aromatic heterocycles. The van der Waals surface area contributed by atoms with Crippen LogP contribution in [0.2, 0.25) is 5.02 Å². The van der Waals surface area contributed by atoms with E-state index >= 15 is 0 Å². The number of ketones is 1.